The molecule has 2 aromatic rings. The summed E-state index contributed by atoms with van der Waals surface area (Å²) < 4.78 is 15.3. The van der Waals surface area contributed by atoms with Gasteiger partial charge in [-0.3, -0.25) is 14.4 Å². The molecule has 158 valence electrons. The molecule has 1 saturated heterocycles. The second kappa shape index (κ2) is 9.08. The number of aromatic nitrogens is 1. The Kier molecular flexibility index (Phi) is 6.50. The number of nitrogens with one attached hydrogen (secondary N) is 2. The third-order valence-electron chi connectivity index (χ3n) is 5.41. The van der Waals surface area contributed by atoms with Gasteiger partial charge in [-0.1, -0.05) is 19.9 Å². The van der Waals surface area contributed by atoms with Crippen LogP contribution < -0.4 is 16.2 Å². The summed E-state index contributed by atoms with van der Waals surface area (Å²) in [6.07, 6.45) is 2.64. The average Bonchev–Trinajstić information content (AvgIpc) is 3.11. The van der Waals surface area contributed by atoms with Crippen LogP contribution in [0.25, 0.3) is 10.8 Å². The van der Waals surface area contributed by atoms with Crippen molar-refractivity contribution in [3.63, 3.8) is 0 Å². The van der Waals surface area contributed by atoms with Crippen LogP contribution in [0.1, 0.15) is 39.2 Å². The highest BCUT2D eigenvalue weighted by atomic mass is 19.1. The lowest BCUT2D eigenvalue weighted by atomic mass is 9.98. The van der Waals surface area contributed by atoms with Crippen LogP contribution in [-0.2, 0) is 9.59 Å². The number of carbonyl (C=O) groups excluding carboxylic acids is 2. The predicted molar refractivity (Wildman–Crippen MR) is 110 cm³/mol. The van der Waals surface area contributed by atoms with Crippen LogP contribution in [0.4, 0.5) is 4.39 Å². The average molecular weight is 412 g/mol. The van der Waals surface area contributed by atoms with E-state index in [9.17, 15) is 24.0 Å². The van der Waals surface area contributed by atoms with Crippen LogP contribution in [0.2, 0.25) is 0 Å². The number of nitrogens with zero attached hydrogens (tertiary/aromatic N) is 2. The molecule has 1 fully saturated rings. The highest BCUT2D eigenvalue weighted by molar-refractivity contribution is 5.84. The van der Waals surface area contributed by atoms with Gasteiger partial charge in [-0.05, 0) is 43.4 Å². The number of halogens is 1. The van der Waals surface area contributed by atoms with E-state index in [1.807, 2.05) is 19.9 Å². The molecular formula is C22H25FN4O3. The number of pyridine rings is 1. The van der Waals surface area contributed by atoms with Crippen molar-refractivity contribution in [2.75, 3.05) is 6.54 Å². The smallest absolute Gasteiger partial charge is 0.259 e. The molecule has 1 aliphatic heterocycles. The van der Waals surface area contributed by atoms with Crippen molar-refractivity contribution in [2.24, 2.45) is 11.8 Å². The van der Waals surface area contributed by atoms with E-state index in [4.69, 9.17) is 0 Å². The zero-order valence-electron chi connectivity index (χ0n) is 17.0. The fourth-order valence-electron chi connectivity index (χ4n) is 3.86. The van der Waals surface area contributed by atoms with Crippen LogP contribution in [0.5, 0.6) is 0 Å². The second-order valence-electron chi connectivity index (χ2n) is 8.08. The summed E-state index contributed by atoms with van der Waals surface area (Å²) in [5, 5.41) is 15.3. The first-order valence-corrected chi connectivity index (χ1v) is 10.1. The second-order valence-corrected chi connectivity index (χ2v) is 8.08. The molecule has 0 saturated carbocycles. The molecule has 1 aliphatic rings. The number of carbonyl (C=O) groups is 2. The van der Waals surface area contributed by atoms with Gasteiger partial charge in [0.15, 0.2) is 0 Å². The van der Waals surface area contributed by atoms with Crippen molar-refractivity contribution in [3.8, 4) is 6.07 Å². The lowest BCUT2D eigenvalue weighted by Gasteiger charge is -2.23. The van der Waals surface area contributed by atoms with Gasteiger partial charge in [0.05, 0.1) is 11.5 Å². The molecule has 30 heavy (non-hydrogen) atoms. The Morgan fingerprint density at radius 1 is 1.33 bits per heavy atom. The van der Waals surface area contributed by atoms with E-state index in [0.717, 1.165) is 0 Å². The molecule has 1 aromatic carbocycles. The Bertz CT molecular complexity index is 1060. The van der Waals surface area contributed by atoms with Gasteiger partial charge in [0.25, 0.3) is 5.56 Å². The summed E-state index contributed by atoms with van der Waals surface area (Å²) in [6, 6.07) is 6.10. The minimum Gasteiger partial charge on any atom is -0.356 e. The highest BCUT2D eigenvalue weighted by Gasteiger charge is 2.30. The summed E-state index contributed by atoms with van der Waals surface area (Å²) in [5.74, 6) is -1.30. The van der Waals surface area contributed by atoms with Crippen LogP contribution in [-0.4, -0.2) is 29.0 Å². The molecule has 8 heteroatoms. The number of benzene rings is 1. The molecule has 2 N–H and O–H groups in total. The third kappa shape index (κ3) is 4.51. The molecule has 0 unspecified atom stereocenters. The molecule has 3 rings (SSSR count). The Hall–Kier alpha value is -3.21. The summed E-state index contributed by atoms with van der Waals surface area (Å²) in [4.78, 5) is 37.8. The molecule has 0 spiro atoms. The van der Waals surface area contributed by atoms with E-state index in [0.29, 0.717) is 19.4 Å². The van der Waals surface area contributed by atoms with Gasteiger partial charge in [0.1, 0.15) is 17.9 Å². The van der Waals surface area contributed by atoms with E-state index in [-0.39, 0.29) is 34.9 Å². The summed E-state index contributed by atoms with van der Waals surface area (Å²) in [6.45, 7) is 4.42. The van der Waals surface area contributed by atoms with Gasteiger partial charge < -0.3 is 15.2 Å². The predicted octanol–water partition coefficient (Wildman–Crippen LogP) is 2.26. The minimum absolute atomic E-state index is 0.0944. The largest absolute Gasteiger partial charge is 0.356 e. The van der Waals surface area contributed by atoms with Crippen molar-refractivity contribution < 1.29 is 14.0 Å². The van der Waals surface area contributed by atoms with Crippen molar-refractivity contribution in [2.45, 2.75) is 45.2 Å². The van der Waals surface area contributed by atoms with E-state index < -0.39 is 29.4 Å². The molecule has 1 aromatic heterocycles. The van der Waals surface area contributed by atoms with Crippen LogP contribution in [0.15, 0.2) is 35.3 Å². The fourth-order valence-corrected chi connectivity index (χ4v) is 3.86. The lowest BCUT2D eigenvalue weighted by molar-refractivity contribution is -0.126. The van der Waals surface area contributed by atoms with E-state index in [1.165, 1.54) is 35.0 Å². The highest BCUT2D eigenvalue weighted by Crippen LogP contribution is 2.21. The number of rotatable bonds is 7. The van der Waals surface area contributed by atoms with Gasteiger partial charge in [-0.2, -0.15) is 5.26 Å². The molecule has 0 bridgehead atoms. The monoisotopic (exact) mass is 412 g/mol. The first kappa shape index (κ1) is 21.5. The fraction of sp³-hybridized carbons (Fsp3) is 0.455. The number of fused-ring (bicyclic) bond motifs is 1. The van der Waals surface area contributed by atoms with Gasteiger partial charge in [0.2, 0.25) is 11.8 Å². The van der Waals surface area contributed by atoms with Crippen LogP contribution >= 0.6 is 0 Å². The maximum Gasteiger partial charge on any atom is 0.259 e. The minimum atomic E-state index is -0.849. The molecule has 0 aliphatic carbocycles. The first-order valence-electron chi connectivity index (χ1n) is 10.1. The van der Waals surface area contributed by atoms with Crippen molar-refractivity contribution in [1.82, 2.24) is 15.2 Å². The molecule has 7 nitrogen and oxygen atoms in total. The van der Waals surface area contributed by atoms with Gasteiger partial charge in [0, 0.05) is 24.0 Å². The van der Waals surface area contributed by atoms with Gasteiger partial charge in [-0.15, -0.1) is 0 Å². The summed E-state index contributed by atoms with van der Waals surface area (Å²) in [5.41, 5.74) is -0.462. The molecule has 2 amide bonds. The molecule has 3 atom stereocenters. The van der Waals surface area contributed by atoms with E-state index in [1.54, 1.807) is 0 Å². The van der Waals surface area contributed by atoms with Crippen molar-refractivity contribution in [3.05, 3.63) is 46.6 Å². The number of hydrogen-bond donors (Lipinski definition) is 2. The van der Waals surface area contributed by atoms with Gasteiger partial charge >= 0.3 is 0 Å². The maximum atomic E-state index is 14.0. The van der Waals surface area contributed by atoms with Crippen LogP contribution in [0, 0.1) is 29.0 Å². The number of nitriles is 1. The normalized spacial score (nSPS) is 18.1. The Balaban J connectivity index is 1.88. The Labute approximate surface area is 173 Å². The molecule has 0 radical (unpaired) electrons. The quantitative estimate of drug-likeness (QED) is 0.728. The number of hydrogen-bond acceptors (Lipinski definition) is 4. The Morgan fingerprint density at radius 3 is 2.73 bits per heavy atom. The zero-order chi connectivity index (χ0) is 21.8. The van der Waals surface area contributed by atoms with Gasteiger partial charge in [-0.25, -0.2) is 4.39 Å². The van der Waals surface area contributed by atoms with E-state index >= 15 is 0 Å². The Morgan fingerprint density at radius 2 is 2.10 bits per heavy atom. The van der Waals surface area contributed by atoms with Crippen molar-refractivity contribution in [1.29, 1.82) is 5.26 Å². The topological polar surface area (TPSA) is 104 Å². The van der Waals surface area contributed by atoms with Crippen molar-refractivity contribution >= 4 is 22.6 Å². The third-order valence-corrected chi connectivity index (χ3v) is 5.41. The summed E-state index contributed by atoms with van der Waals surface area (Å²) in [7, 11) is 0. The van der Waals surface area contributed by atoms with Crippen LogP contribution in [0.3, 0.4) is 0 Å². The zero-order valence-corrected chi connectivity index (χ0v) is 17.0. The maximum absolute atomic E-state index is 14.0. The molecular weight excluding hydrogens is 387 g/mol. The molecule has 2 heterocycles. The standard InChI is InChI=1S/C22H25FN4O3/c1-13(2)10-19(21(29)26-15(12-24)11-14-6-8-25-20(14)28)27-9-7-16-17(22(27)30)4-3-5-18(16)23/h3-5,7,9,13-15,19H,6,8,10-11H2,1-2H3,(H,25,28)(H,26,29)/t14-,15-,19-/m0/s1. The lowest BCUT2D eigenvalue weighted by Crippen LogP contribution is -2.43. The first-order chi connectivity index (χ1) is 14.3. The van der Waals surface area contributed by atoms with E-state index in [2.05, 4.69) is 10.6 Å². The summed E-state index contributed by atoms with van der Waals surface area (Å²) >= 11 is 0. The SMILES string of the molecule is CC(C)C[C@@H](C(=O)N[C@H](C#N)C[C@@H]1CCNC1=O)n1ccc2c(F)cccc2c1=O. The number of amides is 2.